The Balaban J connectivity index is 1.59. The lowest BCUT2D eigenvalue weighted by Gasteiger charge is -2.33. The van der Waals surface area contributed by atoms with E-state index in [2.05, 4.69) is 30.5 Å². The summed E-state index contributed by atoms with van der Waals surface area (Å²) in [5.74, 6) is 0.159. The molecule has 1 aromatic heterocycles. The number of piperidine rings is 1. The minimum absolute atomic E-state index is 0.000610. The number of likely N-dealkylation sites (tertiary alicyclic amines) is 1. The molecule has 0 bridgehead atoms. The van der Waals surface area contributed by atoms with Crippen molar-refractivity contribution in [3.8, 4) is 0 Å². The number of thiophene rings is 1. The first-order chi connectivity index (χ1) is 11.4. The molecule has 0 aromatic carbocycles. The van der Waals surface area contributed by atoms with E-state index in [1.54, 1.807) is 11.3 Å². The fraction of sp³-hybridized carbons (Fsp3) is 0.667. The molecule has 3 rings (SSSR count). The lowest BCUT2D eigenvalue weighted by Crippen LogP contribution is -2.51. The molecule has 3 amide bonds. The van der Waals surface area contributed by atoms with Crippen molar-refractivity contribution in [1.82, 2.24) is 15.5 Å². The van der Waals surface area contributed by atoms with Crippen LogP contribution in [0.2, 0.25) is 0 Å². The summed E-state index contributed by atoms with van der Waals surface area (Å²) in [6.45, 7) is 8.31. The molecule has 2 N–H and O–H groups in total. The number of nitrogens with zero attached hydrogens (tertiary/aromatic N) is 1. The highest BCUT2D eigenvalue weighted by molar-refractivity contribution is 7.10. The molecule has 0 radical (unpaired) electrons. The van der Waals surface area contributed by atoms with Crippen LogP contribution in [0.25, 0.3) is 0 Å². The standard InChI is InChI=1S/C18H27N3O2S/c1-4-19-16(23)21-9-7-13(8-10-21)20-15(22)18(12-17(18,2)3)14-6-5-11-24-14/h5-6,11,13H,4,7-10,12H2,1-3H3,(H,19,23)(H,20,22)/t18-/m0/s1. The van der Waals surface area contributed by atoms with Gasteiger partial charge in [-0.25, -0.2) is 4.79 Å². The van der Waals surface area contributed by atoms with Crippen LogP contribution in [0.4, 0.5) is 4.79 Å². The fourth-order valence-electron chi connectivity index (χ4n) is 3.86. The number of hydrogen-bond acceptors (Lipinski definition) is 3. The highest BCUT2D eigenvalue weighted by atomic mass is 32.1. The van der Waals surface area contributed by atoms with Gasteiger partial charge in [0.05, 0.1) is 5.41 Å². The Morgan fingerprint density at radius 1 is 1.33 bits per heavy atom. The second kappa shape index (κ2) is 6.39. The monoisotopic (exact) mass is 349 g/mol. The zero-order valence-corrected chi connectivity index (χ0v) is 15.5. The largest absolute Gasteiger partial charge is 0.352 e. The van der Waals surface area contributed by atoms with Crippen molar-refractivity contribution in [3.63, 3.8) is 0 Å². The van der Waals surface area contributed by atoms with Gasteiger partial charge in [0.25, 0.3) is 0 Å². The molecule has 24 heavy (non-hydrogen) atoms. The molecule has 132 valence electrons. The van der Waals surface area contributed by atoms with Crippen LogP contribution in [0, 0.1) is 5.41 Å². The molecule has 1 aliphatic carbocycles. The van der Waals surface area contributed by atoms with Gasteiger partial charge in [-0.3, -0.25) is 4.79 Å². The van der Waals surface area contributed by atoms with Gasteiger partial charge < -0.3 is 15.5 Å². The van der Waals surface area contributed by atoms with E-state index in [9.17, 15) is 9.59 Å². The number of amides is 3. The van der Waals surface area contributed by atoms with Crippen molar-refractivity contribution in [2.75, 3.05) is 19.6 Å². The molecular weight excluding hydrogens is 322 g/mol. The summed E-state index contributed by atoms with van der Waals surface area (Å²) in [5.41, 5.74) is -0.346. The molecular formula is C18H27N3O2S. The topological polar surface area (TPSA) is 61.4 Å². The van der Waals surface area contributed by atoms with E-state index in [-0.39, 0.29) is 28.8 Å². The summed E-state index contributed by atoms with van der Waals surface area (Å²) < 4.78 is 0. The lowest BCUT2D eigenvalue weighted by molar-refractivity contribution is -0.125. The number of carbonyl (C=O) groups excluding carboxylic acids is 2. The molecule has 1 atom stereocenters. The molecule has 2 aliphatic rings. The van der Waals surface area contributed by atoms with Gasteiger partial charge in [-0.15, -0.1) is 11.3 Å². The maximum absolute atomic E-state index is 13.0. The minimum atomic E-state index is -0.363. The van der Waals surface area contributed by atoms with Crippen LogP contribution >= 0.6 is 11.3 Å². The van der Waals surface area contributed by atoms with Gasteiger partial charge in [-0.05, 0) is 43.0 Å². The van der Waals surface area contributed by atoms with E-state index >= 15 is 0 Å². The van der Waals surface area contributed by atoms with E-state index in [0.29, 0.717) is 19.6 Å². The zero-order chi connectivity index (χ0) is 17.4. The summed E-state index contributed by atoms with van der Waals surface area (Å²) in [5, 5.41) is 8.15. The summed E-state index contributed by atoms with van der Waals surface area (Å²) in [6.07, 6.45) is 2.55. The maximum atomic E-state index is 13.0. The predicted molar refractivity (Wildman–Crippen MR) is 96.2 cm³/mol. The quantitative estimate of drug-likeness (QED) is 0.878. The maximum Gasteiger partial charge on any atom is 0.317 e. The van der Waals surface area contributed by atoms with Crippen LogP contribution in [0.3, 0.4) is 0 Å². The second-order valence-electron chi connectivity index (χ2n) is 7.51. The van der Waals surface area contributed by atoms with E-state index in [1.165, 1.54) is 4.88 Å². The molecule has 1 aliphatic heterocycles. The van der Waals surface area contributed by atoms with Crippen LogP contribution in [0.15, 0.2) is 17.5 Å². The summed E-state index contributed by atoms with van der Waals surface area (Å²) in [4.78, 5) is 27.9. The highest BCUT2D eigenvalue weighted by Gasteiger charge is 2.67. The summed E-state index contributed by atoms with van der Waals surface area (Å²) in [7, 11) is 0. The average Bonchev–Trinajstić information content (AvgIpc) is 2.91. The smallest absolute Gasteiger partial charge is 0.317 e. The Labute approximate surface area is 147 Å². The molecule has 0 unspecified atom stereocenters. The van der Waals surface area contributed by atoms with Gasteiger partial charge in [0.1, 0.15) is 0 Å². The van der Waals surface area contributed by atoms with Crippen molar-refractivity contribution in [2.45, 2.75) is 51.5 Å². The van der Waals surface area contributed by atoms with Crippen molar-refractivity contribution in [2.24, 2.45) is 5.41 Å². The first-order valence-electron chi connectivity index (χ1n) is 8.78. The minimum Gasteiger partial charge on any atom is -0.352 e. The van der Waals surface area contributed by atoms with Crippen LogP contribution in [0.1, 0.15) is 44.9 Å². The molecule has 1 saturated heterocycles. The fourth-order valence-corrected chi connectivity index (χ4v) is 4.96. The number of rotatable bonds is 4. The van der Waals surface area contributed by atoms with Gasteiger partial charge in [0, 0.05) is 30.6 Å². The number of nitrogens with one attached hydrogen (secondary N) is 2. The highest BCUT2D eigenvalue weighted by Crippen LogP contribution is 2.65. The molecule has 1 aromatic rings. The number of hydrogen-bond donors (Lipinski definition) is 2. The Bertz CT molecular complexity index is 606. The third kappa shape index (κ3) is 2.92. The second-order valence-corrected chi connectivity index (χ2v) is 8.46. The first-order valence-corrected chi connectivity index (χ1v) is 9.66. The van der Waals surface area contributed by atoms with Crippen molar-refractivity contribution in [1.29, 1.82) is 0 Å². The van der Waals surface area contributed by atoms with Crippen molar-refractivity contribution in [3.05, 3.63) is 22.4 Å². The van der Waals surface area contributed by atoms with Crippen LogP contribution in [-0.4, -0.2) is 42.5 Å². The van der Waals surface area contributed by atoms with Crippen molar-refractivity contribution >= 4 is 23.3 Å². The van der Waals surface area contributed by atoms with E-state index in [1.807, 2.05) is 23.3 Å². The Hall–Kier alpha value is -1.56. The molecule has 0 spiro atoms. The predicted octanol–water partition coefficient (Wildman–Crippen LogP) is 2.73. The third-order valence-electron chi connectivity index (χ3n) is 5.51. The zero-order valence-electron chi connectivity index (χ0n) is 14.7. The normalized spacial score (nSPS) is 26.0. The third-order valence-corrected chi connectivity index (χ3v) is 6.54. The van der Waals surface area contributed by atoms with E-state index in [0.717, 1.165) is 19.3 Å². The van der Waals surface area contributed by atoms with Gasteiger partial charge in [0.2, 0.25) is 5.91 Å². The Morgan fingerprint density at radius 3 is 2.50 bits per heavy atom. The average molecular weight is 350 g/mol. The molecule has 1 saturated carbocycles. The van der Waals surface area contributed by atoms with Gasteiger partial charge in [-0.1, -0.05) is 19.9 Å². The SMILES string of the molecule is CCNC(=O)N1CCC(NC(=O)[C@@]2(c3cccs3)CC2(C)C)CC1. The van der Waals surface area contributed by atoms with Gasteiger partial charge in [0.15, 0.2) is 0 Å². The van der Waals surface area contributed by atoms with Gasteiger partial charge >= 0.3 is 6.03 Å². The molecule has 6 heteroatoms. The summed E-state index contributed by atoms with van der Waals surface area (Å²) in [6, 6.07) is 4.27. The molecule has 5 nitrogen and oxygen atoms in total. The summed E-state index contributed by atoms with van der Waals surface area (Å²) >= 11 is 1.67. The van der Waals surface area contributed by atoms with Crippen LogP contribution < -0.4 is 10.6 Å². The number of urea groups is 1. The van der Waals surface area contributed by atoms with Gasteiger partial charge in [-0.2, -0.15) is 0 Å². The molecule has 2 fully saturated rings. The van der Waals surface area contributed by atoms with Crippen molar-refractivity contribution < 1.29 is 9.59 Å². The number of carbonyl (C=O) groups is 2. The van der Waals surface area contributed by atoms with Crippen LogP contribution in [0.5, 0.6) is 0 Å². The lowest BCUT2D eigenvalue weighted by atomic mass is 9.92. The first kappa shape index (κ1) is 17.3. The Morgan fingerprint density at radius 2 is 2.00 bits per heavy atom. The van der Waals surface area contributed by atoms with E-state index in [4.69, 9.17) is 0 Å². The molecule has 2 heterocycles. The Kier molecular flexibility index (Phi) is 4.60. The van der Waals surface area contributed by atoms with Crippen LogP contribution in [-0.2, 0) is 10.2 Å². The van der Waals surface area contributed by atoms with E-state index < -0.39 is 0 Å².